The van der Waals surface area contributed by atoms with Gasteiger partial charge in [0, 0.05) is 46.9 Å². The van der Waals surface area contributed by atoms with Gasteiger partial charge in [0.05, 0.1) is 27.5 Å². The van der Waals surface area contributed by atoms with Crippen LogP contribution in [0.4, 0.5) is 5.82 Å². The Hall–Kier alpha value is -5.07. The molecule has 0 saturated heterocycles. The molecule has 0 bridgehead atoms. The number of aromatic nitrogens is 5. The zero-order chi connectivity index (χ0) is 26.1. The zero-order valence-electron chi connectivity index (χ0n) is 20.3. The minimum Gasteiger partial charge on any atom is -0.381 e. The number of hydrogen-bond acceptors (Lipinski definition) is 7. The van der Waals surface area contributed by atoms with Crippen molar-refractivity contribution < 1.29 is 4.79 Å². The molecule has 184 valence electrons. The molecule has 6 aromatic rings. The Bertz CT molecular complexity index is 1850. The van der Waals surface area contributed by atoms with Crippen LogP contribution >= 0.6 is 11.3 Å². The second-order valence-corrected chi connectivity index (χ2v) is 9.53. The second kappa shape index (κ2) is 9.76. The molecule has 8 nitrogen and oxygen atoms in total. The third-order valence-electron chi connectivity index (χ3n) is 6.11. The van der Waals surface area contributed by atoms with Crippen LogP contribution in [0.2, 0.25) is 0 Å². The van der Waals surface area contributed by atoms with Crippen LogP contribution in [-0.2, 0) is 0 Å². The van der Waals surface area contributed by atoms with Crippen LogP contribution in [0.5, 0.6) is 0 Å². The number of thiophene rings is 1. The molecule has 0 unspecified atom stereocenters. The number of benzene rings is 1. The van der Waals surface area contributed by atoms with Crippen LogP contribution in [-0.4, -0.2) is 30.5 Å². The molecule has 0 fully saturated rings. The lowest BCUT2D eigenvalue weighted by atomic mass is 9.99. The summed E-state index contributed by atoms with van der Waals surface area (Å²) in [5.74, 6) is 6.22. The molecule has 9 heteroatoms. The molecular weight excluding hydrogens is 494 g/mol. The maximum Gasteiger partial charge on any atom is 0.259 e. The number of amides is 1. The molecule has 0 aliphatic rings. The van der Waals surface area contributed by atoms with E-state index >= 15 is 0 Å². The third kappa shape index (κ3) is 4.34. The quantitative estimate of drug-likeness (QED) is 0.324. The Morgan fingerprint density at radius 1 is 1.08 bits per heavy atom. The summed E-state index contributed by atoms with van der Waals surface area (Å²) >= 11 is 1.57. The molecule has 1 aromatic carbocycles. The number of nitrogens with two attached hydrogens (primary N) is 1. The molecule has 0 spiro atoms. The summed E-state index contributed by atoms with van der Waals surface area (Å²) in [5, 5.41) is 9.30. The van der Waals surface area contributed by atoms with E-state index in [9.17, 15) is 4.79 Å². The monoisotopic (exact) mass is 515 g/mol. The zero-order valence-corrected chi connectivity index (χ0v) is 21.1. The van der Waals surface area contributed by atoms with E-state index in [-0.39, 0.29) is 23.3 Å². The first-order chi connectivity index (χ1) is 18.6. The predicted octanol–water partition coefficient (Wildman–Crippen LogP) is 4.87. The number of carbonyl (C=O) groups excluding carboxylic acids is 1. The predicted molar refractivity (Wildman–Crippen MR) is 149 cm³/mol. The standard InChI is InChI=1S/C29H21N7OS/c1-18(33-29(37)24-27(30)35-36-15-5-12-32-28(24)36)22-16-23-26(34-25(22)20-6-3-2-4-7-20)21(17-38-23)9-8-19-10-13-31-14-11-19/h2-7,10-18H,1H3,(H2,30,35)(H,33,37)/t18-/m1/s1. The van der Waals surface area contributed by atoms with Crippen molar-refractivity contribution in [2.75, 3.05) is 5.73 Å². The second-order valence-electron chi connectivity index (χ2n) is 8.62. The maximum absolute atomic E-state index is 13.3. The molecule has 1 atom stereocenters. The SMILES string of the molecule is C[C@@H](NC(=O)c1c(N)nn2cccnc12)c1cc2scc(C#Cc3ccncc3)c2nc1-c1ccccc1. The van der Waals surface area contributed by atoms with Gasteiger partial charge in [-0.3, -0.25) is 9.78 Å². The van der Waals surface area contributed by atoms with Gasteiger partial charge in [-0.25, -0.2) is 14.5 Å². The molecular formula is C29H21N7OS. The molecule has 5 heterocycles. The summed E-state index contributed by atoms with van der Waals surface area (Å²) < 4.78 is 2.48. The molecule has 0 saturated carbocycles. The summed E-state index contributed by atoms with van der Waals surface area (Å²) in [4.78, 5) is 26.7. The van der Waals surface area contributed by atoms with E-state index in [4.69, 9.17) is 10.7 Å². The Morgan fingerprint density at radius 2 is 1.89 bits per heavy atom. The average Bonchev–Trinajstić information content (AvgIpc) is 3.51. The number of nitrogens with one attached hydrogen (secondary N) is 1. The van der Waals surface area contributed by atoms with Gasteiger partial charge in [0.1, 0.15) is 5.56 Å². The minimum absolute atomic E-state index is 0.126. The Morgan fingerprint density at radius 3 is 2.71 bits per heavy atom. The Balaban J connectivity index is 1.41. The first-order valence-corrected chi connectivity index (χ1v) is 12.8. The first-order valence-electron chi connectivity index (χ1n) is 11.9. The van der Waals surface area contributed by atoms with Gasteiger partial charge in [-0.1, -0.05) is 42.2 Å². The van der Waals surface area contributed by atoms with Gasteiger partial charge in [-0.05, 0) is 31.2 Å². The fraction of sp³-hybridized carbons (Fsp3) is 0.0690. The van der Waals surface area contributed by atoms with Gasteiger partial charge < -0.3 is 11.1 Å². The highest BCUT2D eigenvalue weighted by Gasteiger charge is 2.23. The summed E-state index contributed by atoms with van der Waals surface area (Å²) in [6.45, 7) is 1.93. The fourth-order valence-electron chi connectivity index (χ4n) is 4.26. The highest BCUT2D eigenvalue weighted by molar-refractivity contribution is 7.17. The lowest BCUT2D eigenvalue weighted by Crippen LogP contribution is -2.28. The van der Waals surface area contributed by atoms with Crippen LogP contribution < -0.4 is 11.1 Å². The molecule has 0 radical (unpaired) electrons. The van der Waals surface area contributed by atoms with Crippen molar-refractivity contribution in [1.82, 2.24) is 29.9 Å². The van der Waals surface area contributed by atoms with E-state index in [0.29, 0.717) is 5.65 Å². The van der Waals surface area contributed by atoms with Gasteiger partial charge in [0.25, 0.3) is 5.91 Å². The van der Waals surface area contributed by atoms with Crippen LogP contribution in [0.1, 0.15) is 40.0 Å². The molecule has 1 amide bonds. The molecule has 0 aliphatic heterocycles. The van der Waals surface area contributed by atoms with Crippen molar-refractivity contribution in [3.8, 4) is 23.1 Å². The van der Waals surface area contributed by atoms with Crippen molar-refractivity contribution in [2.45, 2.75) is 13.0 Å². The smallest absolute Gasteiger partial charge is 0.259 e. The van der Waals surface area contributed by atoms with Crippen molar-refractivity contribution in [1.29, 1.82) is 0 Å². The topological polar surface area (TPSA) is 111 Å². The summed E-state index contributed by atoms with van der Waals surface area (Å²) in [6, 6.07) is 17.1. The van der Waals surface area contributed by atoms with E-state index in [1.165, 1.54) is 4.52 Å². The van der Waals surface area contributed by atoms with Gasteiger partial charge in [-0.15, -0.1) is 16.4 Å². The van der Waals surface area contributed by atoms with Gasteiger partial charge in [0.15, 0.2) is 11.5 Å². The van der Waals surface area contributed by atoms with Crippen LogP contribution in [0.15, 0.2) is 84.8 Å². The molecule has 3 N–H and O–H groups in total. The van der Waals surface area contributed by atoms with Gasteiger partial charge >= 0.3 is 0 Å². The number of carbonyl (C=O) groups is 1. The molecule has 6 rings (SSSR count). The number of pyridine rings is 2. The van der Waals surface area contributed by atoms with Crippen molar-refractivity contribution in [3.63, 3.8) is 0 Å². The fourth-order valence-corrected chi connectivity index (χ4v) is 5.14. The van der Waals surface area contributed by atoms with Crippen molar-refractivity contribution in [3.05, 3.63) is 107 Å². The number of rotatable bonds is 4. The Labute approximate surface area is 222 Å². The first kappa shape index (κ1) is 23.3. The van der Waals surface area contributed by atoms with E-state index < -0.39 is 0 Å². The van der Waals surface area contributed by atoms with Crippen LogP contribution in [0, 0.1) is 11.8 Å². The summed E-state index contributed by atoms with van der Waals surface area (Å²) in [6.07, 6.45) is 6.75. The highest BCUT2D eigenvalue weighted by atomic mass is 32.1. The van der Waals surface area contributed by atoms with E-state index in [1.807, 2.05) is 54.8 Å². The van der Waals surface area contributed by atoms with Crippen molar-refractivity contribution in [2.24, 2.45) is 0 Å². The maximum atomic E-state index is 13.3. The minimum atomic E-state index is -0.374. The number of fused-ring (bicyclic) bond motifs is 2. The summed E-state index contributed by atoms with van der Waals surface area (Å²) in [7, 11) is 0. The molecule has 5 aromatic heterocycles. The molecule has 38 heavy (non-hydrogen) atoms. The largest absolute Gasteiger partial charge is 0.381 e. The van der Waals surface area contributed by atoms with Gasteiger partial charge in [0.2, 0.25) is 0 Å². The number of anilines is 1. The Kier molecular flexibility index (Phi) is 6.00. The summed E-state index contributed by atoms with van der Waals surface area (Å²) in [5.41, 5.74) is 11.9. The van der Waals surface area contributed by atoms with Gasteiger partial charge in [-0.2, -0.15) is 0 Å². The lowest BCUT2D eigenvalue weighted by molar-refractivity contribution is 0.0942. The lowest BCUT2D eigenvalue weighted by Gasteiger charge is -2.18. The van der Waals surface area contributed by atoms with E-state index in [0.717, 1.165) is 38.2 Å². The number of hydrogen-bond donors (Lipinski definition) is 2. The third-order valence-corrected chi connectivity index (χ3v) is 7.03. The van der Waals surface area contributed by atoms with E-state index in [1.54, 1.807) is 42.2 Å². The molecule has 0 aliphatic carbocycles. The number of nitrogen functional groups attached to an aromatic ring is 1. The van der Waals surface area contributed by atoms with E-state index in [2.05, 4.69) is 38.3 Å². The normalized spacial score (nSPS) is 11.7. The van der Waals surface area contributed by atoms with Crippen LogP contribution in [0.3, 0.4) is 0 Å². The highest BCUT2D eigenvalue weighted by Crippen LogP contribution is 2.34. The van der Waals surface area contributed by atoms with Crippen molar-refractivity contribution >= 4 is 38.9 Å². The average molecular weight is 516 g/mol. The number of nitrogens with zero attached hydrogens (tertiary/aromatic N) is 5. The van der Waals surface area contributed by atoms with Crippen LogP contribution in [0.25, 0.3) is 27.1 Å².